The van der Waals surface area contributed by atoms with Gasteiger partial charge < -0.3 is 15.1 Å². The number of piperazine rings is 1. The molecule has 0 spiro atoms. The molecule has 0 bridgehead atoms. The average Bonchev–Trinajstić information content (AvgIpc) is 3.10. The van der Waals surface area contributed by atoms with Crippen molar-refractivity contribution in [1.82, 2.24) is 20.0 Å². The number of benzene rings is 1. The van der Waals surface area contributed by atoms with Crippen LogP contribution in [0.4, 0.5) is 5.69 Å². The quantitative estimate of drug-likeness (QED) is 0.345. The highest BCUT2D eigenvalue weighted by atomic mass is 127. The van der Waals surface area contributed by atoms with Gasteiger partial charge in [0.05, 0.1) is 23.3 Å². The first-order valence-corrected chi connectivity index (χ1v) is 11.3. The summed E-state index contributed by atoms with van der Waals surface area (Å²) in [5, 5.41) is 7.36. The predicted octanol–water partition coefficient (Wildman–Crippen LogP) is 1.26. The molecule has 1 amide bonds. The Labute approximate surface area is 194 Å². The number of carbonyl (C=O) groups excluding carboxylic acids is 1. The molecule has 0 atom stereocenters. The standard InChI is InChI=1S/C19H26N6O3S.HI/c1-4-20-19(21-11-15-5-7-17(8-6-15)29(3,27)28)24-9-10-25(18(26)14-24)16-12-22-23(2)13-16;/h5-8,12-13H,4,9-11,14H2,1-3H3,(H,20,21);1H. The Morgan fingerprint density at radius 3 is 2.47 bits per heavy atom. The Hall–Kier alpha value is -2.15. The molecular weight excluding hydrogens is 519 g/mol. The zero-order valence-corrected chi connectivity index (χ0v) is 20.4. The van der Waals surface area contributed by atoms with Gasteiger partial charge in [0.2, 0.25) is 5.91 Å². The second-order valence-corrected chi connectivity index (χ2v) is 8.94. The number of aryl methyl sites for hydroxylation is 1. The number of nitrogens with zero attached hydrogens (tertiary/aromatic N) is 5. The molecule has 0 radical (unpaired) electrons. The van der Waals surface area contributed by atoms with Gasteiger partial charge in [-0.1, -0.05) is 12.1 Å². The van der Waals surface area contributed by atoms with Crippen LogP contribution in [0.15, 0.2) is 46.5 Å². The monoisotopic (exact) mass is 546 g/mol. The third-order valence-electron chi connectivity index (χ3n) is 4.62. The zero-order valence-electron chi connectivity index (χ0n) is 17.3. The van der Waals surface area contributed by atoms with Gasteiger partial charge in [-0.25, -0.2) is 13.4 Å². The lowest BCUT2D eigenvalue weighted by atomic mass is 10.2. The van der Waals surface area contributed by atoms with Gasteiger partial charge in [-0.2, -0.15) is 5.10 Å². The minimum atomic E-state index is -3.21. The average molecular weight is 546 g/mol. The normalized spacial score (nSPS) is 15.2. The summed E-state index contributed by atoms with van der Waals surface area (Å²) in [5.41, 5.74) is 1.69. The van der Waals surface area contributed by atoms with Crippen molar-refractivity contribution in [1.29, 1.82) is 0 Å². The van der Waals surface area contributed by atoms with Gasteiger partial charge >= 0.3 is 0 Å². The first-order chi connectivity index (χ1) is 13.8. The Bertz CT molecular complexity index is 1000. The van der Waals surface area contributed by atoms with Gasteiger partial charge in [-0.15, -0.1) is 24.0 Å². The SMILES string of the molecule is CCNC(=NCc1ccc(S(C)(=O)=O)cc1)N1CCN(c2cnn(C)c2)C(=O)C1.I. The molecule has 9 nitrogen and oxygen atoms in total. The van der Waals surface area contributed by atoms with Crippen LogP contribution in [0.2, 0.25) is 0 Å². The van der Waals surface area contributed by atoms with E-state index in [-0.39, 0.29) is 41.3 Å². The maximum absolute atomic E-state index is 12.6. The molecule has 0 saturated carbocycles. The summed E-state index contributed by atoms with van der Waals surface area (Å²) in [6.45, 7) is 4.49. The summed E-state index contributed by atoms with van der Waals surface area (Å²) >= 11 is 0. The molecule has 3 rings (SSSR count). The summed E-state index contributed by atoms with van der Waals surface area (Å²) in [4.78, 5) is 21.2. The van der Waals surface area contributed by atoms with Crippen molar-refractivity contribution in [2.75, 3.05) is 37.3 Å². The van der Waals surface area contributed by atoms with E-state index in [2.05, 4.69) is 15.4 Å². The smallest absolute Gasteiger partial charge is 0.246 e. The lowest BCUT2D eigenvalue weighted by molar-refractivity contribution is -0.120. The lowest BCUT2D eigenvalue weighted by Crippen LogP contribution is -2.55. The molecule has 0 aliphatic carbocycles. The van der Waals surface area contributed by atoms with Gasteiger partial charge in [0.1, 0.15) is 6.54 Å². The number of rotatable bonds is 5. The number of nitrogens with one attached hydrogen (secondary N) is 1. The Balaban J connectivity index is 0.00000320. The maximum atomic E-state index is 12.6. The zero-order chi connectivity index (χ0) is 21.0. The molecule has 11 heteroatoms. The van der Waals surface area contributed by atoms with Crippen LogP contribution in [0.5, 0.6) is 0 Å². The second kappa shape index (κ2) is 10.2. The van der Waals surface area contributed by atoms with E-state index in [9.17, 15) is 13.2 Å². The van der Waals surface area contributed by atoms with E-state index >= 15 is 0 Å². The van der Waals surface area contributed by atoms with Crippen molar-refractivity contribution >= 4 is 51.4 Å². The fourth-order valence-electron chi connectivity index (χ4n) is 3.11. The number of aliphatic imine (C=N–C) groups is 1. The molecule has 2 aromatic rings. The van der Waals surface area contributed by atoms with Crippen LogP contribution < -0.4 is 10.2 Å². The Morgan fingerprint density at radius 2 is 1.93 bits per heavy atom. The highest BCUT2D eigenvalue weighted by Crippen LogP contribution is 2.16. The minimum absolute atomic E-state index is 0. The molecule has 1 aliphatic rings. The third kappa shape index (κ3) is 5.94. The van der Waals surface area contributed by atoms with Gasteiger partial charge in [0.25, 0.3) is 0 Å². The van der Waals surface area contributed by atoms with E-state index in [1.165, 1.54) is 6.26 Å². The van der Waals surface area contributed by atoms with Crippen LogP contribution >= 0.6 is 24.0 Å². The third-order valence-corrected chi connectivity index (χ3v) is 5.75. The van der Waals surface area contributed by atoms with Crippen molar-refractivity contribution in [2.24, 2.45) is 12.0 Å². The molecule has 30 heavy (non-hydrogen) atoms. The molecule has 1 aliphatic heterocycles. The van der Waals surface area contributed by atoms with Crippen LogP contribution in [-0.4, -0.2) is 67.4 Å². The molecule has 1 fully saturated rings. The van der Waals surface area contributed by atoms with Gasteiger partial charge in [0.15, 0.2) is 15.8 Å². The number of guanidine groups is 1. The summed E-state index contributed by atoms with van der Waals surface area (Å²) in [5.74, 6) is 0.659. The first kappa shape index (κ1) is 24.1. The molecule has 2 heterocycles. The summed E-state index contributed by atoms with van der Waals surface area (Å²) in [6, 6.07) is 6.69. The van der Waals surface area contributed by atoms with E-state index in [4.69, 9.17) is 0 Å². The van der Waals surface area contributed by atoms with Crippen LogP contribution in [0.25, 0.3) is 0 Å². The molecule has 0 unspecified atom stereocenters. The second-order valence-electron chi connectivity index (χ2n) is 6.93. The fraction of sp³-hybridized carbons (Fsp3) is 0.421. The molecule has 164 valence electrons. The first-order valence-electron chi connectivity index (χ1n) is 9.39. The fourth-order valence-corrected chi connectivity index (χ4v) is 3.74. The summed E-state index contributed by atoms with van der Waals surface area (Å²) in [7, 11) is -1.39. The van der Waals surface area contributed by atoms with Crippen molar-refractivity contribution in [3.63, 3.8) is 0 Å². The van der Waals surface area contributed by atoms with Gasteiger partial charge in [-0.05, 0) is 24.6 Å². The number of hydrogen-bond donors (Lipinski definition) is 1. The Morgan fingerprint density at radius 1 is 1.23 bits per heavy atom. The van der Waals surface area contributed by atoms with E-state index in [1.807, 2.05) is 25.1 Å². The van der Waals surface area contributed by atoms with E-state index < -0.39 is 9.84 Å². The number of sulfone groups is 1. The van der Waals surface area contributed by atoms with E-state index in [0.717, 1.165) is 11.3 Å². The van der Waals surface area contributed by atoms with Crippen molar-refractivity contribution in [3.05, 3.63) is 42.2 Å². The molecule has 1 aromatic carbocycles. The number of halogens is 1. The van der Waals surface area contributed by atoms with Gasteiger partial charge in [-0.3, -0.25) is 9.48 Å². The number of carbonyl (C=O) groups is 1. The highest BCUT2D eigenvalue weighted by Gasteiger charge is 2.27. The predicted molar refractivity (Wildman–Crippen MR) is 127 cm³/mol. The van der Waals surface area contributed by atoms with Crippen LogP contribution in [0, 0.1) is 0 Å². The Kier molecular flexibility index (Phi) is 8.24. The van der Waals surface area contributed by atoms with Crippen LogP contribution in [0.3, 0.4) is 0 Å². The number of amides is 1. The topological polar surface area (TPSA) is 99.9 Å². The minimum Gasteiger partial charge on any atom is -0.356 e. The summed E-state index contributed by atoms with van der Waals surface area (Å²) in [6.07, 6.45) is 4.70. The largest absolute Gasteiger partial charge is 0.356 e. The van der Waals surface area contributed by atoms with Crippen LogP contribution in [-0.2, 0) is 28.2 Å². The molecule has 1 N–H and O–H groups in total. The van der Waals surface area contributed by atoms with Crippen molar-refractivity contribution in [3.8, 4) is 0 Å². The van der Waals surface area contributed by atoms with Crippen molar-refractivity contribution < 1.29 is 13.2 Å². The van der Waals surface area contributed by atoms with Gasteiger partial charge in [0, 0.05) is 39.1 Å². The maximum Gasteiger partial charge on any atom is 0.246 e. The van der Waals surface area contributed by atoms with E-state index in [1.54, 1.807) is 40.0 Å². The number of anilines is 1. The molecule has 1 saturated heterocycles. The number of hydrogen-bond acceptors (Lipinski definition) is 5. The van der Waals surface area contributed by atoms with E-state index in [0.29, 0.717) is 32.1 Å². The molecular formula is C19H27IN6O3S. The van der Waals surface area contributed by atoms with Crippen LogP contribution in [0.1, 0.15) is 12.5 Å². The highest BCUT2D eigenvalue weighted by molar-refractivity contribution is 14.0. The van der Waals surface area contributed by atoms with Crippen molar-refractivity contribution in [2.45, 2.75) is 18.4 Å². The lowest BCUT2D eigenvalue weighted by Gasteiger charge is -2.35. The summed E-state index contributed by atoms with van der Waals surface area (Å²) < 4.78 is 24.8. The molecule has 1 aromatic heterocycles. The number of aromatic nitrogens is 2.